The molecular weight excluding hydrogens is 954 g/mol. The van der Waals surface area contributed by atoms with Crippen molar-refractivity contribution < 1.29 is 46.2 Å². The summed E-state index contributed by atoms with van der Waals surface area (Å²) in [5.74, 6) is 7.27. The van der Waals surface area contributed by atoms with Crippen LogP contribution in [0.3, 0.4) is 0 Å². The summed E-state index contributed by atoms with van der Waals surface area (Å²) in [6.45, 7) is 16.6. The molecule has 20 heteroatoms. The van der Waals surface area contributed by atoms with E-state index in [-0.39, 0.29) is 36.4 Å². The number of piperidine rings is 1. The molecular formula is C52H65F3N8O8S. The summed E-state index contributed by atoms with van der Waals surface area (Å²) in [7, 11) is 1.58. The number of nitrogens with one attached hydrogen (secondary N) is 3. The number of dihydropyridines is 1. The average Bonchev–Trinajstić information content (AvgIpc) is 3.89. The summed E-state index contributed by atoms with van der Waals surface area (Å²) in [6.07, 6.45) is 4.82. The van der Waals surface area contributed by atoms with Gasteiger partial charge in [-0.2, -0.15) is 13.2 Å². The number of halogens is 3. The molecule has 2 aliphatic heterocycles. The standard InChI is InChI=1S/C52H65F3N8O8S/c1-7-46-44(30-42(63(46)35-52(53,54)55)9-8-17-56-45-12-11-43(72-6)31-47(45)66-5)36(2)59-41-15-20-61(21-16-41)22-24-68-26-28-69-27-25-67-23-19-57-48(64)34-70-49-29-39(14-18-58-49)32-62-33-40(10-13-50(62)65)51-37(3)60-71-38(51)4/h7,10-13,29-31,33,41,56,59H,1-2,14-28,32,34-35H2,3-6H3,(H,57,64). The van der Waals surface area contributed by atoms with Crippen molar-refractivity contribution in [1.29, 1.82) is 0 Å². The van der Waals surface area contributed by atoms with Crippen LogP contribution in [0.5, 0.6) is 5.75 Å². The monoisotopic (exact) mass is 1020 g/mol. The molecule has 4 aromatic rings. The van der Waals surface area contributed by atoms with Crippen molar-refractivity contribution in [1.82, 2.24) is 29.8 Å². The zero-order valence-electron chi connectivity index (χ0n) is 41.5. The second-order valence-corrected chi connectivity index (χ2v) is 17.9. The number of aryl methyl sites for hydroxylation is 2. The van der Waals surface area contributed by atoms with E-state index in [1.165, 1.54) is 12.1 Å². The van der Waals surface area contributed by atoms with Crippen molar-refractivity contribution >= 4 is 41.0 Å². The third-order valence-electron chi connectivity index (χ3n) is 11.9. The molecule has 16 nitrogen and oxygen atoms in total. The van der Waals surface area contributed by atoms with Crippen LogP contribution in [-0.2, 0) is 36.8 Å². The highest BCUT2D eigenvalue weighted by molar-refractivity contribution is 7.98. The largest absolute Gasteiger partial charge is 0.495 e. The van der Waals surface area contributed by atoms with Crippen LogP contribution in [0.4, 0.5) is 18.9 Å². The topological polar surface area (TPSA) is 168 Å². The molecule has 72 heavy (non-hydrogen) atoms. The number of alkyl halides is 3. The fourth-order valence-corrected chi connectivity index (χ4v) is 8.67. The van der Waals surface area contributed by atoms with E-state index in [2.05, 4.69) is 56.0 Å². The molecule has 0 spiro atoms. The molecule has 0 unspecified atom stereocenters. The van der Waals surface area contributed by atoms with Crippen LogP contribution < -0.4 is 26.2 Å². The number of methoxy groups -OCH3 is 1. The van der Waals surface area contributed by atoms with Crippen LogP contribution >= 0.6 is 11.8 Å². The summed E-state index contributed by atoms with van der Waals surface area (Å²) in [5, 5.41) is 13.4. The molecule has 1 fully saturated rings. The first-order chi connectivity index (χ1) is 34.7. The van der Waals surface area contributed by atoms with Crippen LogP contribution in [0.1, 0.15) is 47.7 Å². The fourth-order valence-electron chi connectivity index (χ4n) is 8.24. The Labute approximate surface area is 423 Å². The Morgan fingerprint density at radius 2 is 1.79 bits per heavy atom. The van der Waals surface area contributed by atoms with Crippen molar-refractivity contribution in [3.8, 4) is 28.7 Å². The Morgan fingerprint density at radius 1 is 1.04 bits per heavy atom. The molecule has 0 radical (unpaired) electrons. The first-order valence-corrected chi connectivity index (χ1v) is 25.0. The Hall–Kier alpha value is -6.24. The van der Waals surface area contributed by atoms with Crippen molar-refractivity contribution in [3.05, 3.63) is 106 Å². The van der Waals surface area contributed by atoms with Gasteiger partial charge in [-0.25, -0.2) is 0 Å². The van der Waals surface area contributed by atoms with Crippen molar-refractivity contribution in [2.24, 2.45) is 4.99 Å². The number of aliphatic imine (C=N–C) groups is 1. The van der Waals surface area contributed by atoms with Crippen LogP contribution in [0.15, 0.2) is 86.6 Å². The van der Waals surface area contributed by atoms with E-state index in [0.717, 1.165) is 70.0 Å². The Kier molecular flexibility index (Phi) is 21.1. The van der Waals surface area contributed by atoms with Crippen molar-refractivity contribution in [2.45, 2.75) is 63.3 Å². The molecule has 0 bridgehead atoms. The van der Waals surface area contributed by atoms with Gasteiger partial charge in [0.15, 0.2) is 6.61 Å². The van der Waals surface area contributed by atoms with Gasteiger partial charge in [-0.15, -0.1) is 11.8 Å². The molecule has 6 rings (SSSR count). The van der Waals surface area contributed by atoms with Crippen LogP contribution in [0.25, 0.3) is 22.9 Å². The molecule has 5 heterocycles. The third kappa shape index (κ3) is 16.7. The number of amides is 1. The van der Waals surface area contributed by atoms with Crippen LogP contribution in [0, 0.1) is 25.7 Å². The molecule has 3 N–H and O–H groups in total. The van der Waals surface area contributed by atoms with E-state index in [1.54, 1.807) is 47.8 Å². The molecule has 1 aromatic carbocycles. The van der Waals surface area contributed by atoms with E-state index < -0.39 is 12.7 Å². The predicted octanol–water partition coefficient (Wildman–Crippen LogP) is 6.96. The number of anilines is 1. The summed E-state index contributed by atoms with van der Waals surface area (Å²) in [6, 6.07) is 10.8. The Balaban J connectivity index is 0.801. The maximum Gasteiger partial charge on any atom is 0.406 e. The van der Waals surface area contributed by atoms with Gasteiger partial charge in [0.25, 0.3) is 11.5 Å². The summed E-state index contributed by atoms with van der Waals surface area (Å²) < 4.78 is 77.5. The lowest BCUT2D eigenvalue weighted by molar-refractivity contribution is -0.140. The van der Waals surface area contributed by atoms with E-state index >= 15 is 0 Å². The number of benzene rings is 1. The van der Waals surface area contributed by atoms with Gasteiger partial charge < -0.3 is 58.2 Å². The molecule has 1 saturated heterocycles. The van der Waals surface area contributed by atoms with Crippen LogP contribution in [-0.4, -0.2) is 142 Å². The number of ether oxygens (including phenoxy) is 5. The lowest BCUT2D eigenvalue weighted by Crippen LogP contribution is -2.43. The second-order valence-electron chi connectivity index (χ2n) is 17.0. The highest BCUT2D eigenvalue weighted by Gasteiger charge is 2.31. The highest BCUT2D eigenvalue weighted by atomic mass is 32.2. The van der Waals surface area contributed by atoms with Crippen LogP contribution in [0.2, 0.25) is 0 Å². The number of thioether (sulfide) groups is 1. The first-order valence-electron chi connectivity index (χ1n) is 23.8. The van der Waals surface area contributed by atoms with E-state index in [1.807, 2.05) is 38.3 Å². The van der Waals surface area contributed by atoms with Crippen molar-refractivity contribution in [3.63, 3.8) is 0 Å². The predicted molar refractivity (Wildman–Crippen MR) is 274 cm³/mol. The molecule has 1 amide bonds. The maximum atomic E-state index is 13.8. The molecule has 0 saturated carbocycles. The molecule has 2 aliphatic rings. The number of nitrogens with zero attached hydrogens (tertiary/aromatic N) is 5. The molecule has 3 aromatic heterocycles. The quantitative estimate of drug-likeness (QED) is 0.0336. The Morgan fingerprint density at radius 3 is 2.49 bits per heavy atom. The third-order valence-corrected chi connectivity index (χ3v) is 12.6. The number of likely N-dealkylation sites (tertiary alicyclic amines) is 1. The molecule has 0 atom stereocenters. The number of hydrogen-bond donors (Lipinski definition) is 3. The smallest absolute Gasteiger partial charge is 0.406 e. The fraction of sp³-hybridized carbons (Fsp3) is 0.462. The number of pyridine rings is 1. The highest BCUT2D eigenvalue weighted by Crippen LogP contribution is 2.31. The number of carbonyl (C=O) groups is 1. The van der Waals surface area contributed by atoms with Gasteiger partial charge >= 0.3 is 6.18 Å². The number of rotatable bonds is 26. The van der Waals surface area contributed by atoms with E-state index in [0.29, 0.717) is 100 Å². The van der Waals surface area contributed by atoms with Gasteiger partial charge in [-0.3, -0.25) is 14.6 Å². The zero-order valence-corrected chi connectivity index (χ0v) is 42.3. The summed E-state index contributed by atoms with van der Waals surface area (Å²) in [4.78, 5) is 32.8. The normalized spacial score (nSPS) is 14.2. The van der Waals surface area contributed by atoms with Gasteiger partial charge in [-0.1, -0.05) is 24.2 Å². The maximum absolute atomic E-state index is 13.8. The van der Waals surface area contributed by atoms with Gasteiger partial charge in [0, 0.05) is 90.9 Å². The number of carbonyl (C=O) groups excluding carboxylic acids is 1. The minimum absolute atomic E-state index is 0.0949. The molecule has 0 aliphatic carbocycles. The Bertz CT molecular complexity index is 2640. The minimum atomic E-state index is -4.47. The van der Waals surface area contributed by atoms with Crippen molar-refractivity contribution in [2.75, 3.05) is 104 Å². The lowest BCUT2D eigenvalue weighted by atomic mass is 10.0. The van der Waals surface area contributed by atoms with Gasteiger partial charge in [0.05, 0.1) is 76.1 Å². The number of hydrogen-bond acceptors (Lipinski definition) is 14. The van der Waals surface area contributed by atoms with Gasteiger partial charge in [0.1, 0.15) is 18.1 Å². The SMILES string of the molecule is C=Cc1c(C(=C)NC2CCN(CCOCCOCCOCCNC(=O)COC3=NCCC(Cn4cc(-c5c(C)noc5C)ccc4=O)=C3)CC2)cc(C#CCNc2ccc(SC)cc2OC)n1CC(F)(F)F. The second kappa shape index (κ2) is 27.5. The van der Waals surface area contributed by atoms with Gasteiger partial charge in [0.2, 0.25) is 5.90 Å². The van der Waals surface area contributed by atoms with E-state index in [9.17, 15) is 22.8 Å². The lowest BCUT2D eigenvalue weighted by Gasteiger charge is -2.33. The van der Waals surface area contributed by atoms with E-state index in [4.69, 9.17) is 28.2 Å². The average molecular weight is 1020 g/mol. The first kappa shape index (κ1) is 55.1. The zero-order chi connectivity index (χ0) is 51.5. The number of aromatic nitrogens is 3. The minimum Gasteiger partial charge on any atom is -0.495 e. The molecule has 388 valence electrons. The summed E-state index contributed by atoms with van der Waals surface area (Å²) >= 11 is 1.59. The summed E-state index contributed by atoms with van der Waals surface area (Å²) in [5.41, 5.74) is 5.59. The van der Waals surface area contributed by atoms with Gasteiger partial charge in [-0.05, 0) is 87.3 Å².